The van der Waals surface area contributed by atoms with Crippen molar-refractivity contribution in [3.05, 3.63) is 29.8 Å². The smallest absolute Gasteiger partial charge is 0.242 e. The fraction of sp³-hybridized carbons (Fsp3) is 0.500. The van der Waals surface area contributed by atoms with Crippen LogP contribution in [-0.4, -0.2) is 42.2 Å². The van der Waals surface area contributed by atoms with E-state index < -0.39 is 6.04 Å². The van der Waals surface area contributed by atoms with E-state index in [0.717, 1.165) is 5.56 Å². The van der Waals surface area contributed by atoms with Crippen LogP contribution in [-0.2, 0) is 9.53 Å². The van der Waals surface area contributed by atoms with E-state index >= 15 is 0 Å². The zero-order chi connectivity index (χ0) is 14.4. The number of rotatable bonds is 6. The van der Waals surface area contributed by atoms with E-state index in [4.69, 9.17) is 10.5 Å². The van der Waals surface area contributed by atoms with Crippen LogP contribution in [0.25, 0.3) is 0 Å². The van der Waals surface area contributed by atoms with Gasteiger partial charge < -0.3 is 20.5 Å². The number of hydrogen-bond donors (Lipinski definition) is 2. The summed E-state index contributed by atoms with van der Waals surface area (Å²) in [5, 5.41) is 9.50. The quantitative estimate of drug-likeness (QED) is 0.813. The summed E-state index contributed by atoms with van der Waals surface area (Å²) in [4.78, 5) is 13.9. The molecule has 0 radical (unpaired) electrons. The van der Waals surface area contributed by atoms with Gasteiger partial charge in [0.1, 0.15) is 11.8 Å². The summed E-state index contributed by atoms with van der Waals surface area (Å²) in [6.07, 6.45) is 0. The molecule has 0 bridgehead atoms. The highest BCUT2D eigenvalue weighted by Gasteiger charge is 2.24. The minimum absolute atomic E-state index is 0.146. The van der Waals surface area contributed by atoms with E-state index in [0.29, 0.717) is 6.54 Å². The maximum Gasteiger partial charge on any atom is 0.242 e. The first-order valence-corrected chi connectivity index (χ1v) is 6.35. The molecule has 5 heteroatoms. The van der Waals surface area contributed by atoms with E-state index in [-0.39, 0.29) is 24.3 Å². The van der Waals surface area contributed by atoms with Crippen molar-refractivity contribution in [2.45, 2.75) is 25.9 Å². The lowest BCUT2D eigenvalue weighted by Crippen LogP contribution is -2.46. The first-order chi connectivity index (χ1) is 9.01. The van der Waals surface area contributed by atoms with E-state index in [2.05, 4.69) is 0 Å². The largest absolute Gasteiger partial charge is 0.508 e. The van der Waals surface area contributed by atoms with E-state index in [9.17, 15) is 9.90 Å². The van der Waals surface area contributed by atoms with Gasteiger partial charge in [0.05, 0.1) is 12.6 Å². The number of carbonyl (C=O) groups is 1. The Labute approximate surface area is 114 Å². The third kappa shape index (κ3) is 3.94. The maximum absolute atomic E-state index is 12.2. The molecule has 1 rings (SSSR count). The minimum Gasteiger partial charge on any atom is -0.508 e. The van der Waals surface area contributed by atoms with Crippen LogP contribution >= 0.6 is 0 Å². The Morgan fingerprint density at radius 2 is 2.21 bits per heavy atom. The van der Waals surface area contributed by atoms with E-state index in [1.807, 2.05) is 19.9 Å². The molecule has 0 aliphatic rings. The number of ether oxygens (including phenoxy) is 1. The van der Waals surface area contributed by atoms with Gasteiger partial charge >= 0.3 is 0 Å². The molecule has 5 nitrogen and oxygen atoms in total. The Hall–Kier alpha value is -1.59. The summed E-state index contributed by atoms with van der Waals surface area (Å²) in [5.41, 5.74) is 6.66. The highest BCUT2D eigenvalue weighted by Crippen LogP contribution is 2.23. The third-order valence-corrected chi connectivity index (χ3v) is 3.11. The molecule has 1 amide bonds. The Bertz CT molecular complexity index is 423. The number of phenols is 1. The van der Waals surface area contributed by atoms with Gasteiger partial charge in [0.25, 0.3) is 0 Å². The standard InChI is InChI=1S/C14H22N2O3/c1-4-16(14(18)13(15)9-19-3)10(2)11-6-5-7-12(17)8-11/h5-8,10,13,17H,4,9,15H2,1-3H3. The molecule has 2 atom stereocenters. The molecule has 0 aliphatic heterocycles. The Balaban J connectivity index is 2.87. The van der Waals surface area contributed by atoms with Crippen molar-refractivity contribution >= 4 is 5.91 Å². The summed E-state index contributed by atoms with van der Waals surface area (Å²) in [6.45, 7) is 4.56. The number of carbonyl (C=O) groups excluding carboxylic acids is 1. The van der Waals surface area contributed by atoms with Crippen molar-refractivity contribution < 1.29 is 14.6 Å². The van der Waals surface area contributed by atoms with Crippen LogP contribution in [0.15, 0.2) is 24.3 Å². The summed E-state index contributed by atoms with van der Waals surface area (Å²) in [5.74, 6) is 0.0363. The van der Waals surface area contributed by atoms with Crippen molar-refractivity contribution in [2.24, 2.45) is 5.73 Å². The van der Waals surface area contributed by atoms with Crippen LogP contribution in [0.2, 0.25) is 0 Å². The fourth-order valence-corrected chi connectivity index (χ4v) is 2.05. The number of amides is 1. The molecule has 106 valence electrons. The molecule has 0 fully saturated rings. The average molecular weight is 266 g/mol. The average Bonchev–Trinajstić information content (AvgIpc) is 2.39. The van der Waals surface area contributed by atoms with Gasteiger partial charge in [0, 0.05) is 13.7 Å². The lowest BCUT2D eigenvalue weighted by Gasteiger charge is -2.30. The van der Waals surface area contributed by atoms with Crippen LogP contribution in [0.5, 0.6) is 5.75 Å². The number of nitrogens with zero attached hydrogens (tertiary/aromatic N) is 1. The monoisotopic (exact) mass is 266 g/mol. The lowest BCUT2D eigenvalue weighted by atomic mass is 10.1. The molecule has 0 aromatic heterocycles. The Morgan fingerprint density at radius 3 is 2.74 bits per heavy atom. The van der Waals surface area contributed by atoms with Gasteiger partial charge in [-0.15, -0.1) is 0 Å². The molecule has 0 saturated heterocycles. The number of hydrogen-bond acceptors (Lipinski definition) is 4. The molecule has 0 aliphatic carbocycles. The molecular formula is C14H22N2O3. The number of aromatic hydroxyl groups is 1. The first kappa shape index (κ1) is 15.5. The number of methoxy groups -OCH3 is 1. The lowest BCUT2D eigenvalue weighted by molar-refractivity contribution is -0.135. The second-order valence-corrected chi connectivity index (χ2v) is 4.46. The van der Waals surface area contributed by atoms with Gasteiger partial charge in [-0.1, -0.05) is 12.1 Å². The van der Waals surface area contributed by atoms with Crippen LogP contribution in [0.1, 0.15) is 25.5 Å². The molecule has 0 spiro atoms. The number of likely N-dealkylation sites (N-methyl/N-ethyl adjacent to an activating group) is 1. The van der Waals surface area contributed by atoms with Gasteiger partial charge in [-0.2, -0.15) is 0 Å². The van der Waals surface area contributed by atoms with Gasteiger partial charge in [-0.05, 0) is 31.5 Å². The predicted molar refractivity (Wildman–Crippen MR) is 73.8 cm³/mol. The molecular weight excluding hydrogens is 244 g/mol. The van der Waals surface area contributed by atoms with Crippen molar-refractivity contribution in [2.75, 3.05) is 20.3 Å². The number of phenolic OH excluding ortho intramolecular Hbond substituents is 1. The molecule has 19 heavy (non-hydrogen) atoms. The van der Waals surface area contributed by atoms with Crippen LogP contribution in [0, 0.1) is 0 Å². The van der Waals surface area contributed by atoms with Crippen molar-refractivity contribution in [1.82, 2.24) is 4.90 Å². The van der Waals surface area contributed by atoms with Gasteiger partial charge in [0.2, 0.25) is 5.91 Å². The van der Waals surface area contributed by atoms with Crippen molar-refractivity contribution in [3.8, 4) is 5.75 Å². The highest BCUT2D eigenvalue weighted by atomic mass is 16.5. The van der Waals surface area contributed by atoms with Gasteiger partial charge in [-0.25, -0.2) is 0 Å². The van der Waals surface area contributed by atoms with Gasteiger partial charge in [0.15, 0.2) is 0 Å². The second-order valence-electron chi connectivity index (χ2n) is 4.46. The Kier molecular flexibility index (Phi) is 5.79. The molecule has 2 unspecified atom stereocenters. The number of benzene rings is 1. The number of nitrogens with two attached hydrogens (primary N) is 1. The van der Waals surface area contributed by atoms with Gasteiger partial charge in [-0.3, -0.25) is 4.79 Å². The van der Waals surface area contributed by atoms with E-state index in [1.54, 1.807) is 23.1 Å². The highest BCUT2D eigenvalue weighted by molar-refractivity contribution is 5.82. The summed E-state index contributed by atoms with van der Waals surface area (Å²) < 4.78 is 4.91. The van der Waals surface area contributed by atoms with Crippen LogP contribution in [0.3, 0.4) is 0 Å². The van der Waals surface area contributed by atoms with Crippen LogP contribution < -0.4 is 5.73 Å². The zero-order valence-corrected chi connectivity index (χ0v) is 11.7. The molecule has 1 aromatic rings. The summed E-state index contributed by atoms with van der Waals surface area (Å²) in [7, 11) is 1.52. The van der Waals surface area contributed by atoms with Crippen molar-refractivity contribution in [1.29, 1.82) is 0 Å². The minimum atomic E-state index is -0.662. The summed E-state index contributed by atoms with van der Waals surface area (Å²) in [6, 6.07) is 6.08. The second kappa shape index (κ2) is 7.11. The molecule has 0 heterocycles. The molecule has 1 aromatic carbocycles. The summed E-state index contributed by atoms with van der Waals surface area (Å²) >= 11 is 0. The topological polar surface area (TPSA) is 75.8 Å². The molecule has 3 N–H and O–H groups in total. The first-order valence-electron chi connectivity index (χ1n) is 6.35. The normalized spacial score (nSPS) is 13.9. The molecule has 0 saturated carbocycles. The van der Waals surface area contributed by atoms with Crippen molar-refractivity contribution in [3.63, 3.8) is 0 Å². The fourth-order valence-electron chi connectivity index (χ4n) is 2.05. The maximum atomic E-state index is 12.2. The SMILES string of the molecule is CCN(C(=O)C(N)COC)C(C)c1cccc(O)c1. The van der Waals surface area contributed by atoms with Crippen LogP contribution in [0.4, 0.5) is 0 Å². The Morgan fingerprint density at radius 1 is 1.53 bits per heavy atom. The zero-order valence-electron chi connectivity index (χ0n) is 11.7. The third-order valence-electron chi connectivity index (χ3n) is 3.11. The predicted octanol–water partition coefficient (Wildman–Crippen LogP) is 1.28. The van der Waals surface area contributed by atoms with E-state index in [1.165, 1.54) is 7.11 Å².